The van der Waals surface area contributed by atoms with E-state index in [1.54, 1.807) is 30.3 Å². The summed E-state index contributed by atoms with van der Waals surface area (Å²) in [6.45, 7) is 0.803. The number of benzene rings is 2. The molecule has 3 aromatic rings. The van der Waals surface area contributed by atoms with E-state index in [1.165, 1.54) is 6.07 Å². The summed E-state index contributed by atoms with van der Waals surface area (Å²) in [4.78, 5) is 19.4. The van der Waals surface area contributed by atoms with Gasteiger partial charge in [-0.1, -0.05) is 24.3 Å². The van der Waals surface area contributed by atoms with Crippen LogP contribution in [0.3, 0.4) is 0 Å². The van der Waals surface area contributed by atoms with Gasteiger partial charge in [0.1, 0.15) is 22.0 Å². The lowest BCUT2D eigenvalue weighted by molar-refractivity contribution is 0.0672. The van der Waals surface area contributed by atoms with Crippen molar-refractivity contribution in [2.75, 3.05) is 25.5 Å². The highest BCUT2D eigenvalue weighted by Gasteiger charge is 2.44. The highest BCUT2D eigenvalue weighted by Crippen LogP contribution is 2.37. The van der Waals surface area contributed by atoms with E-state index in [-0.39, 0.29) is 10.8 Å². The van der Waals surface area contributed by atoms with Crippen molar-refractivity contribution >= 4 is 32.4 Å². The Kier molecular flexibility index (Phi) is 4.60. The molecular weight excluding hydrogens is 416 g/mol. The molecule has 2 aliphatic heterocycles. The average Bonchev–Trinajstić information content (AvgIpc) is 2.77. The number of piperidine rings is 1. The van der Waals surface area contributed by atoms with Crippen LogP contribution in [0.1, 0.15) is 23.3 Å². The van der Waals surface area contributed by atoms with Crippen molar-refractivity contribution in [3.8, 4) is 5.75 Å². The molecule has 0 aliphatic carbocycles. The number of rotatable bonds is 2. The fourth-order valence-corrected chi connectivity index (χ4v) is 5.85. The smallest absolute Gasteiger partial charge is 0.273 e. The molecule has 1 saturated heterocycles. The molecule has 0 atom stereocenters. The van der Waals surface area contributed by atoms with Crippen LogP contribution in [0.5, 0.6) is 5.75 Å². The van der Waals surface area contributed by atoms with Crippen LogP contribution in [0.2, 0.25) is 0 Å². The maximum Gasteiger partial charge on any atom is 0.273 e. The number of anilines is 1. The minimum absolute atomic E-state index is 0.146. The van der Waals surface area contributed by atoms with Gasteiger partial charge in [-0.25, -0.2) is 8.42 Å². The molecule has 0 radical (unpaired) electrons. The number of carbonyl (C=O) groups excluding carboxylic acids is 1. The summed E-state index contributed by atoms with van der Waals surface area (Å²) in [6.07, 6.45) is 2.50. The Bertz CT molecular complexity index is 1280. The van der Waals surface area contributed by atoms with Gasteiger partial charge in [-0.15, -0.1) is 0 Å². The highest BCUT2D eigenvalue weighted by molar-refractivity contribution is 7.89. The van der Waals surface area contributed by atoms with Crippen molar-refractivity contribution in [3.05, 3.63) is 60.4 Å². The summed E-state index contributed by atoms with van der Waals surface area (Å²) in [7, 11) is -2.14. The van der Waals surface area contributed by atoms with E-state index in [4.69, 9.17) is 4.74 Å². The summed E-state index contributed by atoms with van der Waals surface area (Å²) >= 11 is 0. The Labute approximate surface area is 180 Å². The third-order valence-corrected chi connectivity index (χ3v) is 7.55. The Hall–Kier alpha value is -3.17. The lowest BCUT2D eigenvalue weighted by Gasteiger charge is -2.45. The fourth-order valence-electron chi connectivity index (χ4n) is 4.32. The molecule has 1 fully saturated rings. The number of nitrogens with zero attached hydrogens (tertiary/aromatic N) is 2. The zero-order valence-electron chi connectivity index (χ0n) is 17.0. The first kappa shape index (κ1) is 19.8. The molecule has 1 amide bonds. The number of ether oxygens (including phenoxy) is 1. The average molecular weight is 439 g/mol. The number of carbonyl (C=O) groups is 1. The lowest BCUT2D eigenvalue weighted by Crippen LogP contribution is -2.62. The zero-order valence-corrected chi connectivity index (χ0v) is 17.8. The van der Waals surface area contributed by atoms with Gasteiger partial charge in [0.05, 0.1) is 12.8 Å². The number of methoxy groups -OCH3 is 1. The van der Waals surface area contributed by atoms with Crippen molar-refractivity contribution in [1.82, 2.24) is 14.6 Å². The standard InChI is InChI=1S/C22H22N4O4S/c1-30-16-6-7-19-18(14-16)24-22(25-31(19,28)29)9-12-26(13-10-22)21(27)20-17-5-3-2-4-15(17)8-11-23-20/h2-8,11,14,24-25H,9-10,12-13H2,1H3. The summed E-state index contributed by atoms with van der Waals surface area (Å²) in [5.74, 6) is 0.431. The molecule has 0 saturated carbocycles. The van der Waals surface area contributed by atoms with E-state index in [0.717, 1.165) is 10.8 Å². The van der Waals surface area contributed by atoms with Crippen molar-refractivity contribution < 1.29 is 17.9 Å². The number of aromatic nitrogens is 1. The van der Waals surface area contributed by atoms with E-state index < -0.39 is 15.7 Å². The first-order valence-corrected chi connectivity index (χ1v) is 11.5. The molecular formula is C22H22N4O4S. The molecule has 31 heavy (non-hydrogen) atoms. The van der Waals surface area contributed by atoms with Crippen LogP contribution in [0.15, 0.2) is 59.6 Å². The van der Waals surface area contributed by atoms with Crippen LogP contribution >= 0.6 is 0 Å². The Morgan fingerprint density at radius 1 is 1.13 bits per heavy atom. The first-order chi connectivity index (χ1) is 14.9. The molecule has 1 spiro atoms. The Morgan fingerprint density at radius 3 is 2.68 bits per heavy atom. The topological polar surface area (TPSA) is 101 Å². The van der Waals surface area contributed by atoms with E-state index in [0.29, 0.717) is 43.1 Å². The van der Waals surface area contributed by atoms with Gasteiger partial charge in [-0.3, -0.25) is 9.78 Å². The predicted molar refractivity (Wildman–Crippen MR) is 117 cm³/mol. The summed E-state index contributed by atoms with van der Waals surface area (Å²) in [5, 5.41) is 5.12. The van der Waals surface area contributed by atoms with Gasteiger partial charge in [-0.05, 0) is 23.6 Å². The fraction of sp³-hybridized carbons (Fsp3) is 0.273. The van der Waals surface area contributed by atoms with Crippen LogP contribution in [0.4, 0.5) is 5.69 Å². The van der Waals surface area contributed by atoms with Gasteiger partial charge in [-0.2, -0.15) is 4.72 Å². The number of hydrogen-bond donors (Lipinski definition) is 2. The zero-order chi connectivity index (χ0) is 21.6. The molecule has 2 aliphatic rings. The molecule has 9 heteroatoms. The largest absolute Gasteiger partial charge is 0.497 e. The van der Waals surface area contributed by atoms with Crippen LogP contribution in [-0.4, -0.2) is 50.1 Å². The number of nitrogens with one attached hydrogen (secondary N) is 2. The molecule has 2 aromatic carbocycles. The van der Waals surface area contributed by atoms with E-state index in [9.17, 15) is 13.2 Å². The Morgan fingerprint density at radius 2 is 1.90 bits per heavy atom. The van der Waals surface area contributed by atoms with E-state index in [2.05, 4.69) is 15.0 Å². The third-order valence-electron chi connectivity index (χ3n) is 5.96. The van der Waals surface area contributed by atoms with Crippen molar-refractivity contribution in [3.63, 3.8) is 0 Å². The maximum absolute atomic E-state index is 13.2. The molecule has 2 N–H and O–H groups in total. The number of likely N-dealkylation sites (tertiary alicyclic amines) is 1. The minimum atomic E-state index is -3.68. The number of pyridine rings is 1. The molecule has 8 nitrogen and oxygen atoms in total. The third kappa shape index (κ3) is 3.39. The quantitative estimate of drug-likeness (QED) is 0.638. The van der Waals surface area contributed by atoms with E-state index >= 15 is 0 Å². The maximum atomic E-state index is 13.2. The molecule has 0 unspecified atom stereocenters. The van der Waals surface area contributed by atoms with Gasteiger partial charge >= 0.3 is 0 Å². The van der Waals surface area contributed by atoms with Gasteiger partial charge in [0.15, 0.2) is 0 Å². The van der Waals surface area contributed by atoms with Crippen molar-refractivity contribution in [2.45, 2.75) is 23.4 Å². The summed E-state index contributed by atoms with van der Waals surface area (Å²) in [5.41, 5.74) is 0.0798. The van der Waals surface area contributed by atoms with Crippen molar-refractivity contribution in [1.29, 1.82) is 0 Å². The lowest BCUT2D eigenvalue weighted by atomic mass is 9.96. The number of fused-ring (bicyclic) bond motifs is 2. The van der Waals surface area contributed by atoms with Crippen LogP contribution in [0, 0.1) is 0 Å². The summed E-state index contributed by atoms with van der Waals surface area (Å²) < 4.78 is 33.7. The minimum Gasteiger partial charge on any atom is -0.497 e. The number of amides is 1. The number of sulfonamides is 1. The van der Waals surface area contributed by atoms with Crippen LogP contribution in [-0.2, 0) is 10.0 Å². The molecule has 5 rings (SSSR count). The second-order valence-corrected chi connectivity index (χ2v) is 9.50. The molecule has 3 heterocycles. The van der Waals surface area contributed by atoms with Crippen LogP contribution in [0.25, 0.3) is 10.8 Å². The first-order valence-electron chi connectivity index (χ1n) is 10.0. The number of hydrogen-bond acceptors (Lipinski definition) is 6. The SMILES string of the molecule is COc1ccc2c(c1)NC1(CCN(C(=O)c3nccc4ccccc34)CC1)NS2(=O)=O. The van der Waals surface area contributed by atoms with Crippen LogP contribution < -0.4 is 14.8 Å². The molecule has 1 aromatic heterocycles. The second kappa shape index (κ2) is 7.21. The Balaban J connectivity index is 1.39. The normalized spacial score (nSPS) is 18.9. The molecule has 160 valence electrons. The predicted octanol–water partition coefficient (Wildman–Crippen LogP) is 2.58. The second-order valence-electron chi connectivity index (χ2n) is 7.85. The van der Waals surface area contributed by atoms with E-state index in [1.807, 2.05) is 30.3 Å². The monoisotopic (exact) mass is 438 g/mol. The molecule has 0 bridgehead atoms. The highest BCUT2D eigenvalue weighted by atomic mass is 32.2. The van der Waals surface area contributed by atoms with Gasteiger partial charge in [0.2, 0.25) is 10.0 Å². The summed E-state index contributed by atoms with van der Waals surface area (Å²) in [6, 6.07) is 14.4. The van der Waals surface area contributed by atoms with Gasteiger partial charge in [0.25, 0.3) is 5.91 Å². The van der Waals surface area contributed by atoms with Gasteiger partial charge < -0.3 is 15.0 Å². The van der Waals surface area contributed by atoms with Gasteiger partial charge in [0, 0.05) is 43.6 Å². The van der Waals surface area contributed by atoms with Crippen molar-refractivity contribution in [2.24, 2.45) is 0 Å².